The summed E-state index contributed by atoms with van der Waals surface area (Å²) in [5.74, 6) is 5.95. The van der Waals surface area contributed by atoms with Crippen LogP contribution in [0.5, 0.6) is 0 Å². The van der Waals surface area contributed by atoms with Crippen molar-refractivity contribution in [1.82, 2.24) is 14.9 Å². The van der Waals surface area contributed by atoms with E-state index < -0.39 is 0 Å². The van der Waals surface area contributed by atoms with Gasteiger partial charge in [0.2, 0.25) is 0 Å². The van der Waals surface area contributed by atoms with Crippen molar-refractivity contribution >= 4 is 0 Å². The summed E-state index contributed by atoms with van der Waals surface area (Å²) in [4.78, 5) is 0. The summed E-state index contributed by atoms with van der Waals surface area (Å²) in [7, 11) is 0. The number of hydrogen-bond donors (Lipinski definition) is 1. The summed E-state index contributed by atoms with van der Waals surface area (Å²) < 4.78 is 1.36. The summed E-state index contributed by atoms with van der Waals surface area (Å²) in [5.41, 5.74) is 0. The van der Waals surface area contributed by atoms with E-state index in [0.29, 0.717) is 0 Å². The number of rotatable bonds is 0. The zero-order chi connectivity index (χ0) is 5.28. The molecule has 1 heterocycles. The molecule has 0 saturated heterocycles. The van der Waals surface area contributed by atoms with E-state index in [9.17, 15) is 0 Å². The van der Waals surface area contributed by atoms with Gasteiger partial charge in [0.15, 0.2) is 0 Å². The lowest BCUT2D eigenvalue weighted by atomic mass is 10.7. The van der Waals surface area contributed by atoms with Crippen LogP contribution in [0.25, 0.3) is 0 Å². The maximum Gasteiger partial charge on any atom is 0.148 e. The third-order valence-corrected chi connectivity index (χ3v) is 0.752. The molecule has 4 heteroatoms. The second kappa shape index (κ2) is 1.22. The minimum absolute atomic E-state index is 0.722. The van der Waals surface area contributed by atoms with Crippen LogP contribution < -0.4 is 5.84 Å². The summed E-state index contributed by atoms with van der Waals surface area (Å²) in [6.45, 7) is 1.78. The van der Waals surface area contributed by atoms with Crippen LogP contribution in [0, 0.1) is 6.92 Å². The fraction of sp³-hybridized carbons (Fsp3) is 0.333. The number of aryl methyl sites for hydroxylation is 1. The third-order valence-electron chi connectivity index (χ3n) is 0.752. The van der Waals surface area contributed by atoms with Crippen molar-refractivity contribution in [2.75, 3.05) is 5.84 Å². The van der Waals surface area contributed by atoms with E-state index in [-0.39, 0.29) is 0 Å². The molecule has 0 unspecified atom stereocenters. The largest absolute Gasteiger partial charge is 0.336 e. The molecule has 0 bridgehead atoms. The van der Waals surface area contributed by atoms with Crippen LogP contribution in [0.2, 0.25) is 0 Å². The van der Waals surface area contributed by atoms with Crippen LogP contribution in [-0.2, 0) is 0 Å². The van der Waals surface area contributed by atoms with Gasteiger partial charge in [-0.2, -0.15) is 0 Å². The Kier molecular flexibility index (Phi) is 0.714. The minimum atomic E-state index is 0.722. The van der Waals surface area contributed by atoms with E-state index >= 15 is 0 Å². The van der Waals surface area contributed by atoms with E-state index in [0.717, 1.165) is 5.82 Å². The average molecular weight is 98.1 g/mol. The summed E-state index contributed by atoms with van der Waals surface area (Å²) in [6, 6.07) is 0. The van der Waals surface area contributed by atoms with Crippen molar-refractivity contribution in [1.29, 1.82) is 0 Å². The molecule has 0 saturated carbocycles. The van der Waals surface area contributed by atoms with Gasteiger partial charge in [-0.3, -0.25) is 0 Å². The standard InChI is InChI=1S/C3H6N4/c1-3-6-5-2-7(3)4/h2H,4H2,1H3. The first-order valence-corrected chi connectivity index (χ1v) is 1.92. The predicted molar refractivity (Wildman–Crippen MR) is 24.9 cm³/mol. The van der Waals surface area contributed by atoms with E-state index in [1.807, 2.05) is 0 Å². The lowest BCUT2D eigenvalue weighted by molar-refractivity contribution is 0.927. The molecule has 1 aromatic rings. The molecule has 0 aromatic carbocycles. The summed E-state index contributed by atoms with van der Waals surface area (Å²) in [6.07, 6.45) is 1.45. The molecular weight excluding hydrogens is 92.1 g/mol. The van der Waals surface area contributed by atoms with Crippen LogP contribution in [-0.4, -0.2) is 14.9 Å². The van der Waals surface area contributed by atoms with Crippen LogP contribution in [0.1, 0.15) is 5.82 Å². The van der Waals surface area contributed by atoms with E-state index in [2.05, 4.69) is 10.2 Å². The van der Waals surface area contributed by atoms with Gasteiger partial charge >= 0.3 is 0 Å². The van der Waals surface area contributed by atoms with E-state index in [4.69, 9.17) is 5.84 Å². The van der Waals surface area contributed by atoms with Crippen molar-refractivity contribution in [2.24, 2.45) is 0 Å². The van der Waals surface area contributed by atoms with E-state index in [1.54, 1.807) is 6.92 Å². The number of hydrogen-bond acceptors (Lipinski definition) is 3. The van der Waals surface area contributed by atoms with Gasteiger partial charge in [0.25, 0.3) is 0 Å². The highest BCUT2D eigenvalue weighted by Gasteiger charge is 1.86. The van der Waals surface area contributed by atoms with Crippen molar-refractivity contribution < 1.29 is 0 Å². The highest BCUT2D eigenvalue weighted by molar-refractivity contribution is 4.77. The number of nitrogen functional groups attached to an aromatic ring is 1. The smallest absolute Gasteiger partial charge is 0.148 e. The van der Waals surface area contributed by atoms with Crippen LogP contribution >= 0.6 is 0 Å². The number of aromatic nitrogens is 3. The van der Waals surface area contributed by atoms with Gasteiger partial charge in [0.1, 0.15) is 12.2 Å². The highest BCUT2D eigenvalue weighted by Crippen LogP contribution is 1.79. The quantitative estimate of drug-likeness (QED) is 0.436. The van der Waals surface area contributed by atoms with Crippen molar-refractivity contribution in [3.63, 3.8) is 0 Å². The molecule has 0 atom stereocenters. The average Bonchev–Trinajstić information content (AvgIpc) is 1.91. The van der Waals surface area contributed by atoms with Crippen molar-refractivity contribution in [3.8, 4) is 0 Å². The SMILES string of the molecule is Cc1nncn1N. The van der Waals surface area contributed by atoms with Crippen LogP contribution in [0.3, 0.4) is 0 Å². The molecule has 1 aromatic heterocycles. The predicted octanol–water partition coefficient (Wildman–Crippen LogP) is -0.700. The zero-order valence-corrected chi connectivity index (χ0v) is 4.00. The molecular formula is C3H6N4. The molecule has 0 fully saturated rings. The summed E-state index contributed by atoms with van der Waals surface area (Å²) in [5, 5.41) is 7.11. The molecule has 0 aliphatic rings. The number of nitrogens with two attached hydrogens (primary N) is 1. The van der Waals surface area contributed by atoms with Gasteiger partial charge in [-0.05, 0) is 6.92 Å². The topological polar surface area (TPSA) is 56.7 Å². The summed E-state index contributed by atoms with van der Waals surface area (Å²) >= 11 is 0. The van der Waals surface area contributed by atoms with Crippen LogP contribution in [0.15, 0.2) is 6.33 Å². The molecule has 0 amide bonds. The zero-order valence-electron chi connectivity index (χ0n) is 4.00. The fourth-order valence-electron chi connectivity index (χ4n) is 0.300. The molecule has 1 rings (SSSR count). The first-order valence-electron chi connectivity index (χ1n) is 1.92. The monoisotopic (exact) mass is 98.1 g/mol. The Labute approximate surface area is 40.9 Å². The lowest BCUT2D eigenvalue weighted by Crippen LogP contribution is -2.07. The maximum atomic E-state index is 5.23. The maximum absolute atomic E-state index is 5.23. The van der Waals surface area contributed by atoms with Crippen LogP contribution in [0.4, 0.5) is 0 Å². The number of nitrogens with zero attached hydrogens (tertiary/aromatic N) is 3. The Morgan fingerprint density at radius 2 is 2.57 bits per heavy atom. The van der Waals surface area contributed by atoms with Gasteiger partial charge in [0.05, 0.1) is 0 Å². The first-order chi connectivity index (χ1) is 3.30. The van der Waals surface area contributed by atoms with E-state index in [1.165, 1.54) is 11.0 Å². The van der Waals surface area contributed by atoms with Gasteiger partial charge in [-0.25, -0.2) is 4.68 Å². The second-order valence-electron chi connectivity index (χ2n) is 1.29. The molecule has 0 aliphatic carbocycles. The Balaban J connectivity index is 3.12. The van der Waals surface area contributed by atoms with Crippen molar-refractivity contribution in [2.45, 2.75) is 6.92 Å². The molecule has 0 aliphatic heterocycles. The van der Waals surface area contributed by atoms with Gasteiger partial charge in [0, 0.05) is 0 Å². The Morgan fingerprint density at radius 3 is 2.71 bits per heavy atom. The molecule has 4 nitrogen and oxygen atoms in total. The molecule has 38 valence electrons. The lowest BCUT2D eigenvalue weighted by Gasteiger charge is -1.85. The Bertz CT molecular complexity index is 139. The van der Waals surface area contributed by atoms with Gasteiger partial charge in [-0.1, -0.05) is 0 Å². The van der Waals surface area contributed by atoms with Gasteiger partial charge in [-0.15, -0.1) is 10.2 Å². The highest BCUT2D eigenvalue weighted by atomic mass is 15.4. The van der Waals surface area contributed by atoms with Gasteiger partial charge < -0.3 is 5.84 Å². The minimum Gasteiger partial charge on any atom is -0.336 e. The first kappa shape index (κ1) is 4.11. The van der Waals surface area contributed by atoms with Crippen molar-refractivity contribution in [3.05, 3.63) is 12.2 Å². The second-order valence-corrected chi connectivity index (χ2v) is 1.29. The molecule has 7 heavy (non-hydrogen) atoms. The Morgan fingerprint density at radius 1 is 1.86 bits per heavy atom. The Hall–Kier alpha value is -1.06. The molecule has 2 N–H and O–H groups in total. The molecule has 0 spiro atoms. The fourth-order valence-corrected chi connectivity index (χ4v) is 0.300. The normalized spacial score (nSPS) is 9.29. The molecule has 0 radical (unpaired) electrons. The third kappa shape index (κ3) is 0.534.